The van der Waals surface area contributed by atoms with E-state index in [1.807, 2.05) is 36.9 Å². The minimum Gasteiger partial charge on any atom is -0.379 e. The first kappa shape index (κ1) is 18.2. The van der Waals surface area contributed by atoms with Gasteiger partial charge in [0.15, 0.2) is 0 Å². The Morgan fingerprint density at radius 3 is 2.12 bits per heavy atom. The van der Waals surface area contributed by atoms with E-state index in [4.69, 9.17) is 4.74 Å². The van der Waals surface area contributed by atoms with Crippen molar-refractivity contribution < 1.29 is 9.53 Å². The molecule has 6 nitrogen and oxygen atoms in total. The van der Waals surface area contributed by atoms with Gasteiger partial charge in [0.05, 0.1) is 13.2 Å². The smallest absolute Gasteiger partial charge is 0.321 e. The maximum atomic E-state index is 12.6. The molecule has 0 aliphatic carbocycles. The molecule has 3 rings (SSSR count). The van der Waals surface area contributed by atoms with Crippen molar-refractivity contribution in [2.45, 2.75) is 13.8 Å². The van der Waals surface area contributed by atoms with Crippen LogP contribution in [0.5, 0.6) is 0 Å². The van der Waals surface area contributed by atoms with E-state index in [0.717, 1.165) is 82.4 Å². The van der Waals surface area contributed by atoms with Crippen LogP contribution in [0.4, 0.5) is 10.5 Å². The molecule has 0 spiro atoms. The maximum Gasteiger partial charge on any atom is 0.321 e. The van der Waals surface area contributed by atoms with Crippen molar-refractivity contribution in [2.75, 3.05) is 70.9 Å². The molecular weight excluding hydrogens is 316 g/mol. The van der Waals surface area contributed by atoms with Crippen molar-refractivity contribution in [3.05, 3.63) is 29.3 Å². The number of urea groups is 1. The first-order valence-corrected chi connectivity index (χ1v) is 9.28. The van der Waals surface area contributed by atoms with Crippen molar-refractivity contribution in [3.8, 4) is 0 Å². The molecule has 0 unspecified atom stereocenters. The third-order valence-corrected chi connectivity index (χ3v) is 5.21. The summed E-state index contributed by atoms with van der Waals surface area (Å²) in [6.45, 7) is 13.5. The lowest BCUT2D eigenvalue weighted by Gasteiger charge is -2.36. The Hall–Kier alpha value is -1.63. The number of para-hydroxylation sites is 1. The summed E-state index contributed by atoms with van der Waals surface area (Å²) in [6, 6.07) is 6.11. The van der Waals surface area contributed by atoms with Crippen LogP contribution in [0.3, 0.4) is 0 Å². The quantitative estimate of drug-likeness (QED) is 0.903. The Morgan fingerprint density at radius 1 is 0.960 bits per heavy atom. The Kier molecular flexibility index (Phi) is 6.29. The van der Waals surface area contributed by atoms with Crippen LogP contribution in [0.15, 0.2) is 18.2 Å². The van der Waals surface area contributed by atoms with Crippen molar-refractivity contribution in [2.24, 2.45) is 0 Å². The van der Waals surface area contributed by atoms with E-state index in [-0.39, 0.29) is 6.03 Å². The number of carbonyl (C=O) groups excluding carboxylic acids is 1. The fraction of sp³-hybridized carbons (Fsp3) is 0.632. The van der Waals surface area contributed by atoms with Crippen molar-refractivity contribution in [3.63, 3.8) is 0 Å². The molecule has 0 bridgehead atoms. The molecule has 6 heteroatoms. The van der Waals surface area contributed by atoms with E-state index in [0.29, 0.717) is 0 Å². The molecule has 0 atom stereocenters. The van der Waals surface area contributed by atoms with E-state index in [2.05, 4.69) is 15.1 Å². The van der Waals surface area contributed by atoms with Gasteiger partial charge >= 0.3 is 6.03 Å². The molecule has 2 heterocycles. The van der Waals surface area contributed by atoms with Gasteiger partial charge in [0.1, 0.15) is 0 Å². The molecule has 25 heavy (non-hydrogen) atoms. The van der Waals surface area contributed by atoms with E-state index >= 15 is 0 Å². The Bertz CT molecular complexity index is 559. The van der Waals surface area contributed by atoms with Gasteiger partial charge in [-0.05, 0) is 25.0 Å². The summed E-state index contributed by atoms with van der Waals surface area (Å²) in [5, 5.41) is 3.09. The topological polar surface area (TPSA) is 48.1 Å². The molecule has 2 saturated heterocycles. The number of rotatable bonds is 4. The molecule has 1 aromatic carbocycles. The van der Waals surface area contributed by atoms with Gasteiger partial charge in [-0.1, -0.05) is 18.2 Å². The number of amides is 2. The minimum atomic E-state index is 0.0187. The third kappa shape index (κ3) is 4.93. The first-order valence-electron chi connectivity index (χ1n) is 9.28. The predicted octanol–water partition coefficient (Wildman–Crippen LogP) is 1.79. The summed E-state index contributed by atoms with van der Waals surface area (Å²) in [5.41, 5.74) is 3.16. The molecule has 0 saturated carbocycles. The van der Waals surface area contributed by atoms with Crippen molar-refractivity contribution in [1.82, 2.24) is 14.7 Å². The number of ether oxygens (including phenoxy) is 1. The van der Waals surface area contributed by atoms with Crippen LogP contribution in [0, 0.1) is 13.8 Å². The highest BCUT2D eigenvalue weighted by Crippen LogP contribution is 2.20. The summed E-state index contributed by atoms with van der Waals surface area (Å²) in [6.07, 6.45) is 0. The van der Waals surface area contributed by atoms with E-state index < -0.39 is 0 Å². The lowest BCUT2D eigenvalue weighted by Crippen LogP contribution is -2.52. The molecule has 0 aromatic heterocycles. The van der Waals surface area contributed by atoms with Gasteiger partial charge < -0.3 is 15.0 Å². The molecular formula is C19H30N4O2. The third-order valence-electron chi connectivity index (χ3n) is 5.21. The number of anilines is 1. The van der Waals surface area contributed by atoms with Gasteiger partial charge in [0.2, 0.25) is 0 Å². The van der Waals surface area contributed by atoms with Crippen LogP contribution in [0.25, 0.3) is 0 Å². The van der Waals surface area contributed by atoms with Crippen LogP contribution in [0.2, 0.25) is 0 Å². The number of nitrogens with one attached hydrogen (secondary N) is 1. The molecule has 1 aromatic rings. The number of aryl methyl sites for hydroxylation is 2. The number of nitrogens with zero attached hydrogens (tertiary/aromatic N) is 3. The molecule has 2 aliphatic heterocycles. The van der Waals surface area contributed by atoms with Gasteiger partial charge in [0, 0.05) is 58.0 Å². The number of benzene rings is 1. The van der Waals surface area contributed by atoms with Crippen LogP contribution < -0.4 is 5.32 Å². The Labute approximate surface area is 150 Å². The predicted molar refractivity (Wildman–Crippen MR) is 100 cm³/mol. The summed E-state index contributed by atoms with van der Waals surface area (Å²) in [7, 11) is 0. The highest BCUT2D eigenvalue weighted by atomic mass is 16.5. The fourth-order valence-electron chi connectivity index (χ4n) is 3.48. The minimum absolute atomic E-state index is 0.0187. The zero-order chi connectivity index (χ0) is 17.6. The zero-order valence-electron chi connectivity index (χ0n) is 15.5. The highest BCUT2D eigenvalue weighted by molar-refractivity contribution is 5.91. The second-order valence-corrected chi connectivity index (χ2v) is 6.98. The van der Waals surface area contributed by atoms with E-state index in [1.165, 1.54) is 0 Å². The molecule has 138 valence electrons. The Morgan fingerprint density at radius 2 is 1.52 bits per heavy atom. The number of carbonyl (C=O) groups is 1. The number of piperazine rings is 1. The monoisotopic (exact) mass is 346 g/mol. The lowest BCUT2D eigenvalue weighted by molar-refractivity contribution is 0.0311. The highest BCUT2D eigenvalue weighted by Gasteiger charge is 2.22. The van der Waals surface area contributed by atoms with Gasteiger partial charge in [-0.25, -0.2) is 4.79 Å². The van der Waals surface area contributed by atoms with Crippen LogP contribution in [-0.2, 0) is 4.74 Å². The van der Waals surface area contributed by atoms with Crippen LogP contribution in [0.1, 0.15) is 11.1 Å². The van der Waals surface area contributed by atoms with E-state index in [1.54, 1.807) is 0 Å². The van der Waals surface area contributed by atoms with Crippen LogP contribution in [-0.4, -0.2) is 86.3 Å². The molecule has 1 N–H and O–H groups in total. The molecule has 2 aliphatic rings. The Balaban J connectivity index is 1.43. The average molecular weight is 346 g/mol. The second-order valence-electron chi connectivity index (χ2n) is 6.98. The second kappa shape index (κ2) is 8.65. The number of morpholine rings is 1. The van der Waals surface area contributed by atoms with E-state index in [9.17, 15) is 4.79 Å². The molecule has 0 radical (unpaired) electrons. The number of hydrogen-bond donors (Lipinski definition) is 1. The summed E-state index contributed by atoms with van der Waals surface area (Å²) in [5.74, 6) is 0. The van der Waals surface area contributed by atoms with Gasteiger partial charge in [-0.15, -0.1) is 0 Å². The first-order chi connectivity index (χ1) is 12.1. The standard InChI is InChI=1S/C19H30N4O2/c1-16-4-3-5-17(2)18(16)20-19(24)23-10-8-21(9-11-23)6-7-22-12-14-25-15-13-22/h3-5H,6-15H2,1-2H3,(H,20,24). The summed E-state index contributed by atoms with van der Waals surface area (Å²) >= 11 is 0. The lowest BCUT2D eigenvalue weighted by atomic mass is 10.1. The number of hydrogen-bond acceptors (Lipinski definition) is 4. The molecule has 2 amide bonds. The van der Waals surface area contributed by atoms with Crippen molar-refractivity contribution in [1.29, 1.82) is 0 Å². The fourth-order valence-corrected chi connectivity index (χ4v) is 3.48. The zero-order valence-corrected chi connectivity index (χ0v) is 15.5. The summed E-state index contributed by atoms with van der Waals surface area (Å²) in [4.78, 5) is 19.4. The normalized spacial score (nSPS) is 19.8. The van der Waals surface area contributed by atoms with Gasteiger partial charge in [-0.2, -0.15) is 0 Å². The van der Waals surface area contributed by atoms with Crippen molar-refractivity contribution >= 4 is 11.7 Å². The maximum absolute atomic E-state index is 12.6. The molecule has 2 fully saturated rings. The largest absolute Gasteiger partial charge is 0.379 e. The van der Waals surface area contributed by atoms with Gasteiger partial charge in [-0.3, -0.25) is 9.80 Å². The van der Waals surface area contributed by atoms with Gasteiger partial charge in [0.25, 0.3) is 0 Å². The average Bonchev–Trinajstić information content (AvgIpc) is 2.64. The van der Waals surface area contributed by atoms with Crippen LogP contribution >= 0.6 is 0 Å². The SMILES string of the molecule is Cc1cccc(C)c1NC(=O)N1CCN(CCN2CCOCC2)CC1. The summed E-state index contributed by atoms with van der Waals surface area (Å²) < 4.78 is 5.39.